The number of nitrogens with zero attached hydrogens (tertiary/aromatic N) is 4. The number of carbonyl (C=O) groups excluding carboxylic acids is 2. The maximum absolute atomic E-state index is 13.3. The number of hydrogen-bond donors (Lipinski definition) is 0. The summed E-state index contributed by atoms with van der Waals surface area (Å²) in [6, 6.07) is 16.5. The summed E-state index contributed by atoms with van der Waals surface area (Å²) in [6.45, 7) is 2.97. The molecule has 1 unspecified atom stereocenters. The van der Waals surface area contributed by atoms with Gasteiger partial charge in [-0.1, -0.05) is 50.5 Å². The molecule has 2 heterocycles. The van der Waals surface area contributed by atoms with Gasteiger partial charge in [0.15, 0.2) is 0 Å². The maximum Gasteiger partial charge on any atom is 0.242 e. The van der Waals surface area contributed by atoms with Gasteiger partial charge in [0.05, 0.1) is 11.0 Å². The van der Waals surface area contributed by atoms with Crippen LogP contribution >= 0.6 is 0 Å². The minimum absolute atomic E-state index is 0.0430. The van der Waals surface area contributed by atoms with Gasteiger partial charge in [0.25, 0.3) is 0 Å². The molecule has 1 atom stereocenters. The number of rotatable bonds is 6. The van der Waals surface area contributed by atoms with Gasteiger partial charge in [-0.05, 0) is 49.1 Å². The van der Waals surface area contributed by atoms with Crippen LogP contribution in [0.5, 0.6) is 0 Å². The summed E-state index contributed by atoms with van der Waals surface area (Å²) in [5.74, 6) is 1.03. The van der Waals surface area contributed by atoms with Crippen LogP contribution in [-0.4, -0.2) is 45.9 Å². The number of aromatic nitrogens is 2. The van der Waals surface area contributed by atoms with E-state index in [2.05, 4.69) is 23.6 Å². The van der Waals surface area contributed by atoms with E-state index in [1.54, 1.807) is 0 Å². The molecule has 178 valence electrons. The number of hydrogen-bond acceptors (Lipinski definition) is 3. The molecular weight excluding hydrogens is 424 g/mol. The first kappa shape index (κ1) is 22.6. The Labute approximate surface area is 201 Å². The predicted octanol–water partition coefficient (Wildman–Crippen LogP) is 4.91. The molecule has 0 bridgehead atoms. The summed E-state index contributed by atoms with van der Waals surface area (Å²) in [4.78, 5) is 35.1. The van der Waals surface area contributed by atoms with Crippen molar-refractivity contribution < 1.29 is 9.59 Å². The highest BCUT2D eigenvalue weighted by atomic mass is 16.2. The second-order valence-electron chi connectivity index (χ2n) is 9.77. The van der Waals surface area contributed by atoms with Crippen LogP contribution in [0.1, 0.15) is 62.8 Å². The third-order valence-corrected chi connectivity index (χ3v) is 7.64. The number of imidazole rings is 1. The van der Waals surface area contributed by atoms with E-state index in [4.69, 9.17) is 4.98 Å². The number of benzene rings is 2. The van der Waals surface area contributed by atoms with Crippen molar-refractivity contribution in [2.75, 3.05) is 18.5 Å². The van der Waals surface area contributed by atoms with Crippen LogP contribution in [0.3, 0.4) is 0 Å². The number of para-hydroxylation sites is 2. The molecule has 0 radical (unpaired) electrons. The lowest BCUT2D eigenvalue weighted by Crippen LogP contribution is -2.40. The summed E-state index contributed by atoms with van der Waals surface area (Å²) in [5.41, 5.74) is 4.03. The summed E-state index contributed by atoms with van der Waals surface area (Å²) in [5, 5.41) is 0. The molecule has 0 N–H and O–H groups in total. The summed E-state index contributed by atoms with van der Waals surface area (Å²) in [7, 11) is 1.94. The fraction of sp³-hybridized carbons (Fsp3) is 0.464. The Hall–Kier alpha value is -3.15. The van der Waals surface area contributed by atoms with Gasteiger partial charge in [0, 0.05) is 37.7 Å². The van der Waals surface area contributed by atoms with Gasteiger partial charge in [-0.2, -0.15) is 0 Å². The molecule has 6 heteroatoms. The van der Waals surface area contributed by atoms with Crippen LogP contribution in [0, 0.1) is 0 Å². The molecule has 0 spiro atoms. The Morgan fingerprint density at radius 2 is 1.79 bits per heavy atom. The lowest BCUT2D eigenvalue weighted by Gasteiger charge is -2.31. The van der Waals surface area contributed by atoms with Crippen LogP contribution in [0.25, 0.3) is 11.0 Å². The van der Waals surface area contributed by atoms with E-state index >= 15 is 0 Å². The van der Waals surface area contributed by atoms with Crippen molar-refractivity contribution in [3.63, 3.8) is 0 Å². The van der Waals surface area contributed by atoms with Crippen molar-refractivity contribution in [2.24, 2.45) is 0 Å². The zero-order chi connectivity index (χ0) is 23.7. The maximum atomic E-state index is 13.3. The summed E-state index contributed by atoms with van der Waals surface area (Å²) >= 11 is 0. The average molecular weight is 459 g/mol. The van der Waals surface area contributed by atoms with E-state index in [1.165, 1.54) is 24.8 Å². The first-order chi connectivity index (χ1) is 16.5. The molecule has 2 aliphatic rings. The Morgan fingerprint density at radius 3 is 2.53 bits per heavy atom. The third-order valence-electron chi connectivity index (χ3n) is 7.64. The molecule has 1 aliphatic carbocycles. The van der Waals surface area contributed by atoms with Gasteiger partial charge in [-0.3, -0.25) is 9.59 Å². The van der Waals surface area contributed by atoms with E-state index in [1.807, 2.05) is 53.2 Å². The van der Waals surface area contributed by atoms with Crippen LogP contribution in [0.2, 0.25) is 0 Å². The monoisotopic (exact) mass is 458 g/mol. The number of aryl methyl sites for hydroxylation is 1. The molecule has 5 rings (SSSR count). The molecule has 1 saturated heterocycles. The zero-order valence-corrected chi connectivity index (χ0v) is 20.2. The first-order valence-corrected chi connectivity index (χ1v) is 12.6. The van der Waals surface area contributed by atoms with Crippen LogP contribution in [-0.2, 0) is 22.6 Å². The van der Waals surface area contributed by atoms with E-state index in [9.17, 15) is 9.59 Å². The third kappa shape index (κ3) is 4.33. The van der Waals surface area contributed by atoms with Crippen molar-refractivity contribution in [1.29, 1.82) is 0 Å². The lowest BCUT2D eigenvalue weighted by molar-refractivity contribution is -0.133. The van der Waals surface area contributed by atoms with Crippen LogP contribution in [0.15, 0.2) is 48.5 Å². The first-order valence-electron chi connectivity index (χ1n) is 12.6. The number of likely N-dealkylation sites (N-methyl/N-ethyl adjacent to an activating group) is 1. The highest BCUT2D eigenvalue weighted by Crippen LogP contribution is 2.33. The van der Waals surface area contributed by atoms with Gasteiger partial charge < -0.3 is 14.4 Å². The van der Waals surface area contributed by atoms with E-state index in [-0.39, 0.29) is 24.3 Å². The molecule has 2 amide bonds. The fourth-order valence-electron chi connectivity index (χ4n) is 5.53. The standard InChI is InChI=1S/C28H34N4O2/c1-3-20-13-15-23(16-14-20)31-18-21(17-26(31)33)28-29-24-11-7-8-12-25(24)32(28)19-27(34)30(2)22-9-5-4-6-10-22/h7-8,11-16,21-22H,3-6,9-10,17-19H2,1-2H3. The van der Waals surface area contributed by atoms with E-state index < -0.39 is 0 Å². The molecule has 34 heavy (non-hydrogen) atoms. The van der Waals surface area contributed by atoms with Crippen molar-refractivity contribution in [2.45, 2.75) is 70.4 Å². The van der Waals surface area contributed by atoms with Gasteiger partial charge in [0.2, 0.25) is 11.8 Å². The van der Waals surface area contributed by atoms with Gasteiger partial charge >= 0.3 is 0 Å². The minimum atomic E-state index is -0.0430. The topological polar surface area (TPSA) is 58.4 Å². The Morgan fingerprint density at radius 1 is 1.06 bits per heavy atom. The quantitative estimate of drug-likeness (QED) is 0.527. The molecule has 1 aliphatic heterocycles. The molecule has 3 aromatic rings. The second-order valence-corrected chi connectivity index (χ2v) is 9.77. The van der Waals surface area contributed by atoms with Gasteiger partial charge in [0.1, 0.15) is 12.4 Å². The molecule has 1 saturated carbocycles. The number of anilines is 1. The Bertz CT molecular complexity index is 1180. The second kappa shape index (κ2) is 9.61. The largest absolute Gasteiger partial charge is 0.341 e. The van der Waals surface area contributed by atoms with E-state index in [0.29, 0.717) is 19.0 Å². The van der Waals surface area contributed by atoms with Gasteiger partial charge in [-0.15, -0.1) is 0 Å². The van der Waals surface area contributed by atoms with Crippen molar-refractivity contribution in [1.82, 2.24) is 14.5 Å². The Kier molecular flexibility index (Phi) is 6.40. The SMILES string of the molecule is CCc1ccc(N2CC(c3nc4ccccc4n3CC(=O)N(C)C3CCCCC3)CC2=O)cc1. The minimum Gasteiger partial charge on any atom is -0.341 e. The Balaban J connectivity index is 1.41. The number of amides is 2. The fourth-order valence-corrected chi connectivity index (χ4v) is 5.53. The highest BCUT2D eigenvalue weighted by molar-refractivity contribution is 5.96. The number of carbonyl (C=O) groups is 2. The van der Waals surface area contributed by atoms with Crippen LogP contribution in [0.4, 0.5) is 5.69 Å². The van der Waals surface area contributed by atoms with Crippen LogP contribution < -0.4 is 4.90 Å². The molecular formula is C28H34N4O2. The highest BCUT2D eigenvalue weighted by Gasteiger charge is 2.35. The van der Waals surface area contributed by atoms with Crippen molar-refractivity contribution >= 4 is 28.5 Å². The molecule has 2 fully saturated rings. The summed E-state index contributed by atoms with van der Waals surface area (Å²) in [6.07, 6.45) is 7.21. The summed E-state index contributed by atoms with van der Waals surface area (Å²) < 4.78 is 2.05. The number of fused-ring (bicyclic) bond motifs is 1. The molecule has 1 aromatic heterocycles. The predicted molar refractivity (Wildman–Crippen MR) is 135 cm³/mol. The molecule has 6 nitrogen and oxygen atoms in total. The van der Waals surface area contributed by atoms with E-state index in [0.717, 1.165) is 41.8 Å². The zero-order valence-electron chi connectivity index (χ0n) is 20.2. The smallest absolute Gasteiger partial charge is 0.242 e. The normalized spacial score (nSPS) is 19.2. The molecule has 2 aromatic carbocycles. The lowest BCUT2D eigenvalue weighted by atomic mass is 9.94. The van der Waals surface area contributed by atoms with Crippen molar-refractivity contribution in [3.8, 4) is 0 Å². The average Bonchev–Trinajstić information content (AvgIpc) is 3.44. The van der Waals surface area contributed by atoms with Crippen molar-refractivity contribution in [3.05, 3.63) is 59.9 Å². The van der Waals surface area contributed by atoms with Gasteiger partial charge in [-0.25, -0.2) is 4.98 Å².